The van der Waals surface area contributed by atoms with E-state index in [-0.39, 0.29) is 66.3 Å². The lowest BCUT2D eigenvalue weighted by atomic mass is 9.86. The molecule has 1 aromatic carbocycles. The summed E-state index contributed by atoms with van der Waals surface area (Å²) in [6.07, 6.45) is 9.92. The Bertz CT molecular complexity index is 2380. The minimum atomic E-state index is -1.08. The number of pyridine rings is 1. The highest BCUT2D eigenvalue weighted by atomic mass is 16.5. The van der Waals surface area contributed by atoms with E-state index < -0.39 is 29.7 Å². The van der Waals surface area contributed by atoms with Crippen molar-refractivity contribution in [3.05, 3.63) is 71.6 Å². The van der Waals surface area contributed by atoms with Crippen LogP contribution in [0.25, 0.3) is 11.2 Å². The maximum absolute atomic E-state index is 13.4. The molecule has 0 bridgehead atoms. The predicted octanol–water partition coefficient (Wildman–Crippen LogP) is 2.65. The Morgan fingerprint density at radius 1 is 0.885 bits per heavy atom. The van der Waals surface area contributed by atoms with Crippen LogP contribution < -0.4 is 20.7 Å². The van der Waals surface area contributed by atoms with Gasteiger partial charge >= 0.3 is 0 Å². The number of hydrogen-bond acceptors (Lipinski definition) is 13. The average molecular weight is 832 g/mol. The van der Waals surface area contributed by atoms with Gasteiger partial charge in [-0.05, 0) is 95.0 Å². The number of likely N-dealkylation sites (tertiary alicyclic amines) is 2. The van der Waals surface area contributed by atoms with E-state index in [0.29, 0.717) is 24.7 Å². The molecule has 3 saturated heterocycles. The van der Waals surface area contributed by atoms with Gasteiger partial charge in [-0.25, -0.2) is 19.9 Å². The van der Waals surface area contributed by atoms with Crippen LogP contribution in [0, 0.1) is 12.8 Å². The number of anilines is 1. The molecule has 61 heavy (non-hydrogen) atoms. The highest BCUT2D eigenvalue weighted by Gasteiger charge is 2.46. The van der Waals surface area contributed by atoms with Gasteiger partial charge in [0, 0.05) is 56.4 Å². The van der Waals surface area contributed by atoms with Crippen LogP contribution in [0.1, 0.15) is 101 Å². The SMILES string of the molecule is Cc1cccc(C(=O)NC2CC(n3cnc4c(NC5CCN(CCC6CCN(C(=O)COc7cccc8c7C(=O)N([C@H]7CCC(=O)NC7=O)C8=O)CC6)CC5)ncnc43)C2)n1. The van der Waals surface area contributed by atoms with Crippen LogP contribution in [0.2, 0.25) is 0 Å². The summed E-state index contributed by atoms with van der Waals surface area (Å²) >= 11 is 0. The number of imidazole rings is 1. The van der Waals surface area contributed by atoms with Gasteiger partial charge < -0.3 is 29.7 Å². The summed E-state index contributed by atoms with van der Waals surface area (Å²) in [5, 5.41) is 8.93. The molecule has 9 rings (SSSR count). The molecular formula is C43H49N11O7. The zero-order valence-electron chi connectivity index (χ0n) is 34.0. The molecule has 318 valence electrons. The second kappa shape index (κ2) is 17.0. The zero-order chi connectivity index (χ0) is 42.2. The Kier molecular flexibility index (Phi) is 11.2. The van der Waals surface area contributed by atoms with E-state index >= 15 is 0 Å². The van der Waals surface area contributed by atoms with Crippen LogP contribution >= 0.6 is 0 Å². The summed E-state index contributed by atoms with van der Waals surface area (Å²) in [4.78, 5) is 99.8. The van der Waals surface area contributed by atoms with Gasteiger partial charge in [0.2, 0.25) is 11.8 Å². The predicted molar refractivity (Wildman–Crippen MR) is 219 cm³/mol. The smallest absolute Gasteiger partial charge is 0.270 e. The number of carbonyl (C=O) groups is 6. The summed E-state index contributed by atoms with van der Waals surface area (Å²) in [6.45, 7) is 5.80. The minimum absolute atomic E-state index is 0.0289. The first kappa shape index (κ1) is 40.1. The van der Waals surface area contributed by atoms with Gasteiger partial charge in [0.05, 0.1) is 17.5 Å². The number of fused-ring (bicyclic) bond motifs is 2. The van der Waals surface area contributed by atoms with Gasteiger partial charge in [-0.15, -0.1) is 0 Å². The molecule has 1 saturated carbocycles. The third kappa shape index (κ3) is 8.28. The van der Waals surface area contributed by atoms with Crippen molar-refractivity contribution < 1.29 is 33.5 Å². The number of piperidine rings is 3. The highest BCUT2D eigenvalue weighted by molar-refractivity contribution is 6.24. The second-order valence-electron chi connectivity index (χ2n) is 16.8. The van der Waals surface area contributed by atoms with Crippen molar-refractivity contribution in [2.24, 2.45) is 5.92 Å². The van der Waals surface area contributed by atoms with Crippen LogP contribution in [0.5, 0.6) is 5.75 Å². The molecule has 7 heterocycles. The number of hydrogen-bond donors (Lipinski definition) is 3. The quantitative estimate of drug-likeness (QED) is 0.176. The van der Waals surface area contributed by atoms with Crippen molar-refractivity contribution >= 4 is 52.4 Å². The van der Waals surface area contributed by atoms with Crippen molar-refractivity contribution in [1.29, 1.82) is 0 Å². The maximum Gasteiger partial charge on any atom is 0.270 e. The molecule has 6 amide bonds. The lowest BCUT2D eigenvalue weighted by Crippen LogP contribution is -2.54. The highest BCUT2D eigenvalue weighted by Crippen LogP contribution is 2.36. The molecule has 4 fully saturated rings. The largest absolute Gasteiger partial charge is 0.483 e. The number of aryl methyl sites for hydroxylation is 1. The Balaban J connectivity index is 0.691. The number of imide groups is 2. The molecule has 0 unspecified atom stereocenters. The van der Waals surface area contributed by atoms with Crippen molar-refractivity contribution in [1.82, 2.24) is 49.8 Å². The van der Waals surface area contributed by atoms with Crippen molar-refractivity contribution in [2.45, 2.75) is 88.9 Å². The molecule has 1 atom stereocenters. The summed E-state index contributed by atoms with van der Waals surface area (Å²) < 4.78 is 7.94. The van der Waals surface area contributed by atoms with E-state index in [1.807, 2.05) is 25.4 Å². The molecule has 18 nitrogen and oxygen atoms in total. The normalized spacial score (nSPS) is 22.5. The lowest BCUT2D eigenvalue weighted by Gasteiger charge is -2.36. The summed E-state index contributed by atoms with van der Waals surface area (Å²) in [5.41, 5.74) is 2.93. The first-order chi connectivity index (χ1) is 29.6. The number of benzene rings is 1. The molecular weight excluding hydrogens is 783 g/mol. The standard InChI is InChI=1S/C43H49N11O7/c1-25-4-2-6-31(47-25)40(57)49-28-20-29(21-28)53-24-46-37-38(44-23-45-39(37)53)48-27-13-16-51(17-14-27)15-10-26-11-18-52(19-12-26)35(56)22-61-33-7-3-5-30-36(33)43(60)54(42(30)59)32-8-9-34(55)50-41(32)58/h2-7,23-24,26-29,32H,8-22H2,1H3,(H,49,57)(H,44,45,48)(H,50,55,58)/t28?,29?,32-/m0/s1. The average Bonchev–Trinajstić information content (AvgIpc) is 3.79. The van der Waals surface area contributed by atoms with E-state index in [2.05, 4.69) is 40.4 Å². The number of ether oxygens (including phenoxy) is 1. The maximum atomic E-state index is 13.4. The van der Waals surface area contributed by atoms with Crippen LogP contribution in [0.3, 0.4) is 0 Å². The van der Waals surface area contributed by atoms with Crippen LogP contribution in [-0.2, 0) is 14.4 Å². The van der Waals surface area contributed by atoms with E-state index in [0.717, 1.165) is 92.2 Å². The monoisotopic (exact) mass is 831 g/mol. The summed E-state index contributed by atoms with van der Waals surface area (Å²) in [7, 11) is 0. The summed E-state index contributed by atoms with van der Waals surface area (Å²) in [5.74, 6) is -1.38. The lowest BCUT2D eigenvalue weighted by molar-refractivity contribution is -0.136. The zero-order valence-corrected chi connectivity index (χ0v) is 34.0. The molecule has 4 aromatic rings. The molecule has 0 radical (unpaired) electrons. The van der Waals surface area contributed by atoms with Crippen LogP contribution in [0.15, 0.2) is 49.1 Å². The third-order valence-corrected chi connectivity index (χ3v) is 12.9. The van der Waals surface area contributed by atoms with Crippen molar-refractivity contribution in [2.75, 3.05) is 44.6 Å². The number of nitrogens with one attached hydrogen (secondary N) is 3. The van der Waals surface area contributed by atoms with E-state index in [1.54, 1.807) is 29.4 Å². The molecule has 4 aliphatic heterocycles. The number of carbonyl (C=O) groups excluding carboxylic acids is 6. The van der Waals surface area contributed by atoms with Crippen LogP contribution in [0.4, 0.5) is 5.82 Å². The summed E-state index contributed by atoms with van der Waals surface area (Å²) in [6, 6.07) is 9.52. The molecule has 5 aliphatic rings. The topological polar surface area (TPSA) is 214 Å². The second-order valence-corrected chi connectivity index (χ2v) is 16.8. The van der Waals surface area contributed by atoms with Gasteiger partial charge in [0.15, 0.2) is 18.1 Å². The van der Waals surface area contributed by atoms with Crippen molar-refractivity contribution in [3.8, 4) is 5.75 Å². The Hall–Kier alpha value is -6.30. The van der Waals surface area contributed by atoms with E-state index in [4.69, 9.17) is 9.72 Å². The van der Waals surface area contributed by atoms with Gasteiger partial charge in [0.25, 0.3) is 23.6 Å². The fraction of sp³-hybridized carbons (Fsp3) is 0.488. The Morgan fingerprint density at radius 3 is 2.44 bits per heavy atom. The molecule has 3 aromatic heterocycles. The third-order valence-electron chi connectivity index (χ3n) is 12.9. The molecule has 18 heteroatoms. The van der Waals surface area contributed by atoms with E-state index in [9.17, 15) is 28.8 Å². The number of nitrogens with zero attached hydrogens (tertiary/aromatic N) is 8. The van der Waals surface area contributed by atoms with Crippen LogP contribution in [-0.4, -0.2) is 132 Å². The fourth-order valence-corrected chi connectivity index (χ4v) is 9.25. The Labute approximate surface area is 351 Å². The van der Waals surface area contributed by atoms with Gasteiger partial charge in [-0.3, -0.25) is 39.0 Å². The van der Waals surface area contributed by atoms with Gasteiger partial charge in [0.1, 0.15) is 29.3 Å². The number of rotatable bonds is 12. The van der Waals surface area contributed by atoms with Gasteiger partial charge in [-0.1, -0.05) is 12.1 Å². The molecule has 1 aliphatic carbocycles. The first-order valence-electron chi connectivity index (χ1n) is 21.3. The number of aromatic nitrogens is 5. The van der Waals surface area contributed by atoms with E-state index in [1.165, 1.54) is 6.07 Å². The molecule has 0 spiro atoms. The number of amides is 6. The minimum Gasteiger partial charge on any atom is -0.483 e. The van der Waals surface area contributed by atoms with Gasteiger partial charge in [-0.2, -0.15) is 0 Å². The van der Waals surface area contributed by atoms with Crippen molar-refractivity contribution in [3.63, 3.8) is 0 Å². The molecule has 3 N–H and O–H groups in total. The Morgan fingerprint density at radius 2 is 1.67 bits per heavy atom. The first-order valence-corrected chi connectivity index (χ1v) is 21.3. The fourth-order valence-electron chi connectivity index (χ4n) is 9.25.